The summed E-state index contributed by atoms with van der Waals surface area (Å²) in [4.78, 5) is 28.9. The van der Waals surface area contributed by atoms with Crippen molar-refractivity contribution in [1.29, 1.82) is 0 Å². The highest BCUT2D eigenvalue weighted by molar-refractivity contribution is 5.73. The van der Waals surface area contributed by atoms with Crippen LogP contribution in [0.15, 0.2) is 12.1 Å². The van der Waals surface area contributed by atoms with Crippen LogP contribution in [0.5, 0.6) is 0 Å². The number of nitrogens with zero attached hydrogens (tertiary/aromatic N) is 5. The van der Waals surface area contributed by atoms with E-state index < -0.39 is 0 Å². The normalized spacial score (nSPS) is 21.4. The van der Waals surface area contributed by atoms with E-state index in [-0.39, 0.29) is 11.8 Å². The number of anilines is 1. The molecular weight excluding hydrogens is 318 g/mol. The Bertz CT molecular complexity index is 610. The van der Waals surface area contributed by atoms with E-state index in [1.165, 1.54) is 0 Å². The molecule has 0 aromatic carbocycles. The SMILES string of the molecule is CC(=O)N1CCN(c2ccc(C[C@H]3CCCN(C(C)=O)C3)nn2)CC1. The van der Waals surface area contributed by atoms with Gasteiger partial charge in [-0.1, -0.05) is 0 Å². The van der Waals surface area contributed by atoms with Crippen molar-refractivity contribution in [2.24, 2.45) is 5.92 Å². The molecule has 3 heterocycles. The summed E-state index contributed by atoms with van der Waals surface area (Å²) in [6, 6.07) is 4.07. The van der Waals surface area contributed by atoms with Gasteiger partial charge in [-0.3, -0.25) is 9.59 Å². The number of amides is 2. The maximum atomic E-state index is 11.5. The zero-order chi connectivity index (χ0) is 17.8. The van der Waals surface area contributed by atoms with E-state index in [9.17, 15) is 9.59 Å². The first-order valence-electron chi connectivity index (χ1n) is 9.11. The highest BCUT2D eigenvalue weighted by Crippen LogP contribution is 2.21. The maximum Gasteiger partial charge on any atom is 0.219 e. The Morgan fingerprint density at radius 3 is 2.32 bits per heavy atom. The van der Waals surface area contributed by atoms with Crippen LogP contribution >= 0.6 is 0 Å². The molecule has 25 heavy (non-hydrogen) atoms. The molecule has 1 atom stereocenters. The Morgan fingerprint density at radius 2 is 1.72 bits per heavy atom. The van der Waals surface area contributed by atoms with E-state index in [1.54, 1.807) is 13.8 Å². The van der Waals surface area contributed by atoms with E-state index in [1.807, 2.05) is 21.9 Å². The topological polar surface area (TPSA) is 69.6 Å². The second kappa shape index (κ2) is 7.80. The van der Waals surface area contributed by atoms with Crippen LogP contribution in [0.2, 0.25) is 0 Å². The molecule has 3 rings (SSSR count). The van der Waals surface area contributed by atoms with E-state index in [0.717, 1.165) is 70.0 Å². The molecule has 0 unspecified atom stereocenters. The second-order valence-corrected chi connectivity index (χ2v) is 7.05. The summed E-state index contributed by atoms with van der Waals surface area (Å²) in [5.74, 6) is 1.64. The fraction of sp³-hybridized carbons (Fsp3) is 0.667. The predicted molar refractivity (Wildman–Crippen MR) is 95.2 cm³/mol. The number of aromatic nitrogens is 2. The number of likely N-dealkylation sites (tertiary alicyclic amines) is 1. The standard InChI is InChI=1S/C18H27N5O2/c1-14(24)21-8-10-22(11-9-21)18-6-5-17(19-20-18)12-16-4-3-7-23(13-16)15(2)25/h5-6,16H,3-4,7-13H2,1-2H3/t16-/m1/s1. The Balaban J connectivity index is 1.54. The van der Waals surface area contributed by atoms with E-state index in [4.69, 9.17) is 0 Å². The largest absolute Gasteiger partial charge is 0.352 e. The molecule has 2 saturated heterocycles. The molecule has 2 aliphatic heterocycles. The lowest BCUT2D eigenvalue weighted by Gasteiger charge is -2.34. The average Bonchev–Trinajstić information content (AvgIpc) is 2.63. The van der Waals surface area contributed by atoms with Gasteiger partial charge in [0.1, 0.15) is 0 Å². The third-order valence-corrected chi connectivity index (χ3v) is 5.22. The molecule has 0 saturated carbocycles. The first kappa shape index (κ1) is 17.6. The summed E-state index contributed by atoms with van der Waals surface area (Å²) in [5, 5.41) is 8.78. The minimum Gasteiger partial charge on any atom is -0.352 e. The Morgan fingerprint density at radius 1 is 1.00 bits per heavy atom. The Kier molecular flexibility index (Phi) is 5.50. The predicted octanol–water partition coefficient (Wildman–Crippen LogP) is 0.946. The van der Waals surface area contributed by atoms with Crippen LogP contribution in [0.1, 0.15) is 32.4 Å². The van der Waals surface area contributed by atoms with Crippen molar-refractivity contribution >= 4 is 17.6 Å². The van der Waals surface area contributed by atoms with Crippen LogP contribution < -0.4 is 4.90 Å². The van der Waals surface area contributed by atoms with Gasteiger partial charge in [0.15, 0.2) is 5.82 Å². The molecule has 2 aliphatic rings. The molecular formula is C18H27N5O2. The smallest absolute Gasteiger partial charge is 0.219 e. The summed E-state index contributed by atoms with van der Waals surface area (Å²) in [7, 11) is 0. The van der Waals surface area contributed by atoms with Crippen LogP contribution in [0.4, 0.5) is 5.82 Å². The van der Waals surface area contributed by atoms with Crippen molar-refractivity contribution in [3.8, 4) is 0 Å². The molecule has 0 aliphatic carbocycles. The van der Waals surface area contributed by atoms with E-state index in [2.05, 4.69) is 15.1 Å². The van der Waals surface area contributed by atoms with Gasteiger partial charge in [0.2, 0.25) is 11.8 Å². The zero-order valence-electron chi connectivity index (χ0n) is 15.1. The van der Waals surface area contributed by atoms with Crippen molar-refractivity contribution in [3.05, 3.63) is 17.8 Å². The maximum absolute atomic E-state index is 11.5. The lowest BCUT2D eigenvalue weighted by molar-refractivity contribution is -0.130. The summed E-state index contributed by atoms with van der Waals surface area (Å²) in [6.45, 7) is 8.02. The van der Waals surface area contributed by atoms with Crippen molar-refractivity contribution < 1.29 is 9.59 Å². The first-order valence-corrected chi connectivity index (χ1v) is 9.11. The average molecular weight is 345 g/mol. The van der Waals surface area contributed by atoms with Gasteiger partial charge < -0.3 is 14.7 Å². The van der Waals surface area contributed by atoms with E-state index >= 15 is 0 Å². The molecule has 1 aromatic heterocycles. The molecule has 0 spiro atoms. The van der Waals surface area contributed by atoms with Gasteiger partial charge in [0.25, 0.3) is 0 Å². The number of piperidine rings is 1. The monoisotopic (exact) mass is 345 g/mol. The van der Waals surface area contributed by atoms with Crippen molar-refractivity contribution in [3.63, 3.8) is 0 Å². The minimum atomic E-state index is 0.133. The molecule has 0 N–H and O–H groups in total. The highest BCUT2D eigenvalue weighted by Gasteiger charge is 2.23. The van der Waals surface area contributed by atoms with Gasteiger partial charge in [0, 0.05) is 53.1 Å². The lowest BCUT2D eigenvalue weighted by Crippen LogP contribution is -2.48. The third kappa shape index (κ3) is 4.46. The molecule has 1 aromatic rings. The van der Waals surface area contributed by atoms with Crippen molar-refractivity contribution in [1.82, 2.24) is 20.0 Å². The van der Waals surface area contributed by atoms with Crippen molar-refractivity contribution in [2.75, 3.05) is 44.2 Å². The van der Waals surface area contributed by atoms with Crippen LogP contribution in [0, 0.1) is 5.92 Å². The molecule has 0 bridgehead atoms. The van der Waals surface area contributed by atoms with Crippen LogP contribution in [-0.2, 0) is 16.0 Å². The second-order valence-electron chi connectivity index (χ2n) is 7.05. The van der Waals surface area contributed by atoms with Crippen LogP contribution in [-0.4, -0.2) is 71.1 Å². The molecule has 0 radical (unpaired) electrons. The molecule has 7 nitrogen and oxygen atoms in total. The summed E-state index contributed by atoms with van der Waals surface area (Å²) < 4.78 is 0. The summed E-state index contributed by atoms with van der Waals surface area (Å²) in [5.41, 5.74) is 0.988. The zero-order valence-corrected chi connectivity index (χ0v) is 15.1. The lowest BCUT2D eigenvalue weighted by atomic mass is 9.93. The highest BCUT2D eigenvalue weighted by atomic mass is 16.2. The van der Waals surface area contributed by atoms with Gasteiger partial charge in [-0.25, -0.2) is 0 Å². The summed E-state index contributed by atoms with van der Waals surface area (Å²) >= 11 is 0. The quantitative estimate of drug-likeness (QED) is 0.816. The molecule has 136 valence electrons. The number of carbonyl (C=O) groups excluding carboxylic acids is 2. The van der Waals surface area contributed by atoms with Gasteiger partial charge in [0.05, 0.1) is 5.69 Å². The Labute approximate surface area is 149 Å². The number of carbonyl (C=O) groups is 2. The molecule has 7 heteroatoms. The third-order valence-electron chi connectivity index (χ3n) is 5.22. The minimum absolute atomic E-state index is 0.133. The number of hydrogen-bond donors (Lipinski definition) is 0. The first-order chi connectivity index (χ1) is 12.0. The molecule has 2 amide bonds. The molecule has 2 fully saturated rings. The van der Waals surface area contributed by atoms with Gasteiger partial charge in [-0.15, -0.1) is 5.10 Å². The van der Waals surface area contributed by atoms with Gasteiger partial charge in [-0.2, -0.15) is 5.10 Å². The number of hydrogen-bond acceptors (Lipinski definition) is 5. The fourth-order valence-corrected chi connectivity index (χ4v) is 3.69. The van der Waals surface area contributed by atoms with Gasteiger partial charge >= 0.3 is 0 Å². The van der Waals surface area contributed by atoms with Crippen LogP contribution in [0.25, 0.3) is 0 Å². The van der Waals surface area contributed by atoms with E-state index in [0.29, 0.717) is 5.92 Å². The fourth-order valence-electron chi connectivity index (χ4n) is 3.69. The van der Waals surface area contributed by atoms with Crippen molar-refractivity contribution in [2.45, 2.75) is 33.1 Å². The summed E-state index contributed by atoms with van der Waals surface area (Å²) in [6.07, 6.45) is 3.07. The number of rotatable bonds is 3. The van der Waals surface area contributed by atoms with Crippen LogP contribution in [0.3, 0.4) is 0 Å². The Hall–Kier alpha value is -2.18. The van der Waals surface area contributed by atoms with Gasteiger partial charge in [-0.05, 0) is 37.3 Å². The number of piperazine rings is 1.